The van der Waals surface area contributed by atoms with Gasteiger partial charge in [-0.2, -0.15) is 0 Å². The maximum atomic E-state index is 12.6. The number of hydrogen-bond donors (Lipinski definition) is 5. The summed E-state index contributed by atoms with van der Waals surface area (Å²) >= 11 is 0. The zero-order valence-electron chi connectivity index (χ0n) is 48.3. The van der Waals surface area contributed by atoms with E-state index in [4.69, 9.17) is 18.9 Å². The number of phenolic OH excluding ortho intramolecular Hbond substituents is 5. The van der Waals surface area contributed by atoms with Gasteiger partial charge in [-0.15, -0.1) is 0 Å². The molecule has 0 spiro atoms. The molecule has 0 radical (unpaired) electrons. The Morgan fingerprint density at radius 3 is 1.14 bits per heavy atom. The van der Waals surface area contributed by atoms with Crippen molar-refractivity contribution in [1.29, 1.82) is 0 Å². The predicted molar refractivity (Wildman–Crippen MR) is 347 cm³/mol. The Kier molecular flexibility index (Phi) is 25.6. The fourth-order valence-electron chi connectivity index (χ4n) is 7.71. The monoisotopic (exact) mass is 1160 g/mol. The Bertz CT molecular complexity index is 3700. The molecule has 9 aromatic rings. The topological polar surface area (TPSA) is 206 Å². The SMILES string of the molecule is C.C.C.C.CCC(C)(C)C(=O)Oc1c2ccccc2c(O)c2ccccc12.CCC(C)(C)C(=O)Oc1ccc(O)c2cc(O)ccc12.CCC(C)(C)C(=O)Oc1ccc(O)c2ccccc12.CCC(C)(C)C(=O)Oc1ccc2cc(O)ccc2c1. The van der Waals surface area contributed by atoms with Crippen LogP contribution in [0.1, 0.15) is 138 Å². The number of carbonyl (C=O) groups is 4. The fraction of sp³-hybridized carbons (Fsp3) is 0.333. The van der Waals surface area contributed by atoms with Crippen molar-refractivity contribution in [3.63, 3.8) is 0 Å². The molecular formula is C72H90O13. The van der Waals surface area contributed by atoms with Crippen LogP contribution in [0, 0.1) is 21.7 Å². The highest BCUT2D eigenvalue weighted by Gasteiger charge is 2.31. The minimum Gasteiger partial charge on any atom is -0.508 e. The molecule has 0 atom stereocenters. The van der Waals surface area contributed by atoms with E-state index in [0.29, 0.717) is 69.2 Å². The van der Waals surface area contributed by atoms with Crippen molar-refractivity contribution in [3.05, 3.63) is 152 Å². The summed E-state index contributed by atoms with van der Waals surface area (Å²) in [4.78, 5) is 48.8. The van der Waals surface area contributed by atoms with E-state index >= 15 is 0 Å². The number of hydrogen-bond acceptors (Lipinski definition) is 13. The van der Waals surface area contributed by atoms with Gasteiger partial charge in [-0.1, -0.05) is 142 Å². The molecule has 0 unspecified atom stereocenters. The Hall–Kier alpha value is -8.84. The molecule has 85 heavy (non-hydrogen) atoms. The second-order valence-corrected chi connectivity index (χ2v) is 22.4. The van der Waals surface area contributed by atoms with Crippen molar-refractivity contribution in [2.45, 2.75) is 138 Å². The van der Waals surface area contributed by atoms with Gasteiger partial charge in [-0.25, -0.2) is 0 Å². The lowest BCUT2D eigenvalue weighted by Crippen LogP contribution is -2.28. The fourth-order valence-corrected chi connectivity index (χ4v) is 7.71. The Morgan fingerprint density at radius 2 is 0.682 bits per heavy atom. The summed E-state index contributed by atoms with van der Waals surface area (Å²) in [5.74, 6) is 1.55. The molecule has 9 rings (SSSR count). The number of esters is 4. The largest absolute Gasteiger partial charge is 0.508 e. The van der Waals surface area contributed by atoms with Crippen LogP contribution in [0.5, 0.6) is 51.7 Å². The molecule has 0 saturated carbocycles. The van der Waals surface area contributed by atoms with Crippen LogP contribution in [0.4, 0.5) is 0 Å². The average Bonchev–Trinajstić information content (AvgIpc) is 1.72. The minimum atomic E-state index is -0.568. The first kappa shape index (κ1) is 72.3. The van der Waals surface area contributed by atoms with Crippen molar-refractivity contribution in [1.82, 2.24) is 0 Å². The van der Waals surface area contributed by atoms with Crippen LogP contribution in [0.3, 0.4) is 0 Å². The number of rotatable bonds is 12. The first-order valence-corrected chi connectivity index (χ1v) is 27.1. The summed E-state index contributed by atoms with van der Waals surface area (Å²) in [6, 6.07) is 43.4. The summed E-state index contributed by atoms with van der Waals surface area (Å²) in [7, 11) is 0. The van der Waals surface area contributed by atoms with E-state index in [9.17, 15) is 44.7 Å². The number of carbonyl (C=O) groups excluding carboxylic acids is 4. The molecular weight excluding hydrogens is 1070 g/mol. The second kappa shape index (κ2) is 30.1. The lowest BCUT2D eigenvalue weighted by molar-refractivity contribution is -0.144. The molecule has 0 aliphatic carbocycles. The number of phenols is 5. The van der Waals surface area contributed by atoms with E-state index in [-0.39, 0.29) is 82.3 Å². The third-order valence-electron chi connectivity index (χ3n) is 15.0. The molecule has 13 heteroatoms. The highest BCUT2D eigenvalue weighted by Crippen LogP contribution is 2.43. The number of benzene rings is 9. The number of fused-ring (bicyclic) bond motifs is 5. The zero-order valence-corrected chi connectivity index (χ0v) is 48.3. The molecule has 0 fully saturated rings. The van der Waals surface area contributed by atoms with Crippen LogP contribution in [0.2, 0.25) is 0 Å². The maximum Gasteiger partial charge on any atom is 0.316 e. The molecule has 13 nitrogen and oxygen atoms in total. The van der Waals surface area contributed by atoms with Gasteiger partial charge >= 0.3 is 23.9 Å². The highest BCUT2D eigenvalue weighted by atomic mass is 16.5. The highest BCUT2D eigenvalue weighted by molar-refractivity contribution is 6.12. The summed E-state index contributed by atoms with van der Waals surface area (Å²) in [6.07, 6.45) is 2.80. The Labute approximate surface area is 502 Å². The van der Waals surface area contributed by atoms with E-state index in [0.717, 1.165) is 33.4 Å². The van der Waals surface area contributed by atoms with Gasteiger partial charge < -0.3 is 44.5 Å². The number of aromatic hydroxyl groups is 5. The van der Waals surface area contributed by atoms with Gasteiger partial charge in [0.1, 0.15) is 51.7 Å². The van der Waals surface area contributed by atoms with Gasteiger partial charge in [-0.05, 0) is 159 Å². The molecule has 0 aliphatic heterocycles. The third-order valence-corrected chi connectivity index (χ3v) is 15.0. The van der Waals surface area contributed by atoms with Crippen molar-refractivity contribution in [3.8, 4) is 51.7 Å². The minimum absolute atomic E-state index is 0. The van der Waals surface area contributed by atoms with Crippen molar-refractivity contribution in [2.75, 3.05) is 0 Å². The van der Waals surface area contributed by atoms with Crippen molar-refractivity contribution < 1.29 is 63.7 Å². The number of ether oxygens (including phenoxy) is 4. The smallest absolute Gasteiger partial charge is 0.316 e. The summed E-state index contributed by atoms with van der Waals surface area (Å²) < 4.78 is 22.1. The molecule has 5 N–H and O–H groups in total. The van der Waals surface area contributed by atoms with E-state index in [2.05, 4.69) is 0 Å². The molecule has 0 aromatic heterocycles. The predicted octanol–water partition coefficient (Wildman–Crippen LogP) is 19.0. The standard InChI is InChI=1S/C20H20O3.C16H18O4.2C16H18O3.4CH4/c1-4-20(2,3)19(22)23-18-15-11-7-5-9-13(15)17(21)14-10-6-8-12-16(14)18;1-4-16(2,3)15(19)20-14-8-7-13(18)12-9-10(17)5-6-11(12)14;1-4-16(2,3)15(18)19-14-8-6-11-9-13(17)7-5-12(11)10-14;1-4-16(2,3)15(18)19-14-10-9-13(17)11-7-5-6-8-12(11)14;;;;/h5-12,21H,4H2,1-3H3;5-9,17-18H,4H2,1-3H3;2*5-10,17H,4H2,1-3H3;4*1H4. The van der Waals surface area contributed by atoms with Crippen LogP contribution in [0.25, 0.3) is 53.9 Å². The summed E-state index contributed by atoms with van der Waals surface area (Å²) in [5.41, 5.74) is -2.12. The molecule has 0 bridgehead atoms. The van der Waals surface area contributed by atoms with Gasteiger partial charge in [0.2, 0.25) is 0 Å². The normalized spacial score (nSPS) is 11.1. The van der Waals surface area contributed by atoms with Crippen molar-refractivity contribution in [2.24, 2.45) is 21.7 Å². The van der Waals surface area contributed by atoms with Gasteiger partial charge in [0.05, 0.1) is 21.7 Å². The first-order chi connectivity index (χ1) is 38.2. The molecule has 0 heterocycles. The maximum absolute atomic E-state index is 12.6. The third kappa shape index (κ3) is 17.1. The zero-order chi connectivity index (χ0) is 59.6. The molecule has 456 valence electrons. The Morgan fingerprint density at radius 1 is 0.341 bits per heavy atom. The summed E-state index contributed by atoms with van der Waals surface area (Å²) in [6.45, 7) is 22.7. The average molecular weight is 1160 g/mol. The lowest BCUT2D eigenvalue weighted by Gasteiger charge is -2.22. The van der Waals surface area contributed by atoms with E-state index in [1.807, 2.05) is 156 Å². The van der Waals surface area contributed by atoms with Gasteiger partial charge in [-0.3, -0.25) is 19.2 Å². The van der Waals surface area contributed by atoms with Crippen LogP contribution >= 0.6 is 0 Å². The van der Waals surface area contributed by atoms with Crippen LogP contribution in [-0.4, -0.2) is 49.4 Å². The molecule has 0 saturated heterocycles. The van der Waals surface area contributed by atoms with Gasteiger partial charge in [0.15, 0.2) is 0 Å². The second-order valence-electron chi connectivity index (χ2n) is 22.4. The molecule has 9 aromatic carbocycles. The van der Waals surface area contributed by atoms with Crippen molar-refractivity contribution >= 4 is 77.7 Å². The van der Waals surface area contributed by atoms with Crippen LogP contribution < -0.4 is 18.9 Å². The lowest BCUT2D eigenvalue weighted by atomic mass is 9.90. The Balaban J connectivity index is 0.000000382. The molecule has 0 aliphatic rings. The van der Waals surface area contributed by atoms with Gasteiger partial charge in [0, 0.05) is 43.1 Å². The molecule has 0 amide bonds. The first-order valence-electron chi connectivity index (χ1n) is 27.1. The van der Waals surface area contributed by atoms with E-state index in [1.54, 1.807) is 60.7 Å². The van der Waals surface area contributed by atoms with E-state index in [1.165, 1.54) is 18.2 Å². The van der Waals surface area contributed by atoms with E-state index < -0.39 is 21.7 Å². The quantitative estimate of drug-likeness (QED) is 0.0439. The van der Waals surface area contributed by atoms with Crippen LogP contribution in [-0.2, 0) is 19.2 Å². The van der Waals surface area contributed by atoms with Crippen LogP contribution in [0.15, 0.2) is 152 Å². The van der Waals surface area contributed by atoms with Gasteiger partial charge in [0.25, 0.3) is 0 Å². The summed E-state index contributed by atoms with van der Waals surface area (Å²) in [5, 5.41) is 56.2.